The van der Waals surface area contributed by atoms with Crippen molar-refractivity contribution in [2.24, 2.45) is 0 Å². The van der Waals surface area contributed by atoms with E-state index in [2.05, 4.69) is 0 Å². The number of aliphatic carboxylic acids is 1. The second-order valence-electron chi connectivity index (χ2n) is 2.56. The number of carboxylic acid groups (broad SMARTS) is 1. The van der Waals surface area contributed by atoms with Gasteiger partial charge in [-0.05, 0) is 12.5 Å². The van der Waals surface area contributed by atoms with E-state index >= 15 is 0 Å². The Morgan fingerprint density at radius 3 is 2.50 bits per heavy atom. The van der Waals surface area contributed by atoms with Crippen molar-refractivity contribution in [3.8, 4) is 0 Å². The van der Waals surface area contributed by atoms with E-state index in [9.17, 15) is 14.7 Å². The lowest BCUT2D eigenvalue weighted by atomic mass is 10.4. The number of esters is 1. The lowest BCUT2D eigenvalue weighted by Gasteiger charge is -1.98. The molecule has 0 heterocycles. The van der Waals surface area contributed by atoms with Gasteiger partial charge in [0.15, 0.2) is 0 Å². The summed E-state index contributed by atoms with van der Waals surface area (Å²) in [5, 5.41) is 9.91. The molecule has 0 atom stereocenters. The molecule has 4 heteroatoms. The maximum Gasteiger partial charge on any atom is 0.330 e. The van der Waals surface area contributed by atoms with E-state index < -0.39 is 11.9 Å². The molecule has 4 nitrogen and oxygen atoms in total. The Morgan fingerprint density at radius 2 is 1.93 bits per heavy atom. The fourth-order valence-corrected chi connectivity index (χ4v) is 0.633. The Bertz CT molecular complexity index is 241. The summed E-state index contributed by atoms with van der Waals surface area (Å²) < 4.78 is 4.77. The quantitative estimate of drug-likeness (QED) is 0.264. The second-order valence-corrected chi connectivity index (χ2v) is 2.56. The van der Waals surface area contributed by atoms with Gasteiger partial charge < -0.3 is 14.6 Å². The van der Waals surface area contributed by atoms with Crippen LogP contribution in [0.15, 0.2) is 24.3 Å². The van der Waals surface area contributed by atoms with Crippen molar-refractivity contribution in [1.82, 2.24) is 0 Å². The molecule has 0 saturated carbocycles. The van der Waals surface area contributed by atoms with Crippen molar-refractivity contribution in [2.45, 2.75) is 19.8 Å². The molecule has 0 radical (unpaired) electrons. The predicted octanol–water partition coefficient (Wildman–Crippen LogP) is 0.192. The molecule has 0 spiro atoms. The van der Waals surface area contributed by atoms with Crippen LogP contribution < -0.4 is 5.11 Å². The van der Waals surface area contributed by atoms with Gasteiger partial charge in [-0.2, -0.15) is 0 Å². The average molecular weight is 197 g/mol. The Morgan fingerprint density at radius 1 is 1.29 bits per heavy atom. The van der Waals surface area contributed by atoms with Crippen molar-refractivity contribution in [3.63, 3.8) is 0 Å². The molecule has 0 rings (SSSR count). The normalized spacial score (nSPS) is 10.9. The SMILES string of the molecule is CCCCOC(=O)C=CC=CC(=O)[O-]. The van der Waals surface area contributed by atoms with Gasteiger partial charge >= 0.3 is 5.97 Å². The van der Waals surface area contributed by atoms with E-state index in [1.165, 1.54) is 12.2 Å². The third-order valence-electron chi connectivity index (χ3n) is 1.32. The zero-order chi connectivity index (χ0) is 10.8. The summed E-state index contributed by atoms with van der Waals surface area (Å²) in [6, 6.07) is 0. The van der Waals surface area contributed by atoms with Crippen LogP contribution in [0, 0.1) is 0 Å². The second kappa shape index (κ2) is 8.04. The van der Waals surface area contributed by atoms with Crippen LogP contribution in [0.25, 0.3) is 0 Å². The van der Waals surface area contributed by atoms with Crippen LogP contribution in [-0.4, -0.2) is 18.5 Å². The minimum absolute atomic E-state index is 0.393. The number of allylic oxidation sites excluding steroid dienone is 2. The van der Waals surface area contributed by atoms with Crippen LogP contribution in [0.2, 0.25) is 0 Å². The van der Waals surface area contributed by atoms with E-state index in [-0.39, 0.29) is 0 Å². The highest BCUT2D eigenvalue weighted by Gasteiger charge is 1.93. The van der Waals surface area contributed by atoms with Crippen LogP contribution in [0.1, 0.15) is 19.8 Å². The largest absolute Gasteiger partial charge is 0.545 e. The summed E-state index contributed by atoms with van der Waals surface area (Å²) in [5.41, 5.74) is 0. The molecule has 0 aliphatic carbocycles. The van der Waals surface area contributed by atoms with Gasteiger partial charge in [0, 0.05) is 6.08 Å². The number of carboxylic acids is 1. The molecular weight excluding hydrogens is 184 g/mol. The first kappa shape index (κ1) is 12.4. The molecule has 78 valence electrons. The zero-order valence-electron chi connectivity index (χ0n) is 8.06. The molecule has 0 aromatic heterocycles. The molecule has 0 aromatic rings. The summed E-state index contributed by atoms with van der Waals surface area (Å²) in [6.45, 7) is 2.39. The summed E-state index contributed by atoms with van der Waals surface area (Å²) >= 11 is 0. The fourth-order valence-electron chi connectivity index (χ4n) is 0.633. The number of carbonyl (C=O) groups is 2. The fraction of sp³-hybridized carbons (Fsp3) is 0.400. The van der Waals surface area contributed by atoms with Gasteiger partial charge in [-0.3, -0.25) is 0 Å². The third kappa shape index (κ3) is 8.52. The lowest BCUT2D eigenvalue weighted by molar-refractivity contribution is -0.297. The monoisotopic (exact) mass is 197 g/mol. The number of rotatable bonds is 6. The Kier molecular flexibility index (Phi) is 7.13. The molecule has 0 unspecified atom stereocenters. The predicted molar refractivity (Wildman–Crippen MR) is 49.2 cm³/mol. The summed E-state index contributed by atoms with van der Waals surface area (Å²) in [5.74, 6) is -1.77. The average Bonchev–Trinajstić information content (AvgIpc) is 2.13. The maximum atomic E-state index is 10.9. The minimum Gasteiger partial charge on any atom is -0.545 e. The van der Waals surface area contributed by atoms with Gasteiger partial charge in [0.25, 0.3) is 0 Å². The molecule has 0 fully saturated rings. The van der Waals surface area contributed by atoms with E-state index in [0.29, 0.717) is 6.61 Å². The van der Waals surface area contributed by atoms with Gasteiger partial charge in [0.1, 0.15) is 0 Å². The zero-order valence-corrected chi connectivity index (χ0v) is 8.06. The van der Waals surface area contributed by atoms with Crippen molar-refractivity contribution in [1.29, 1.82) is 0 Å². The molecular formula is C10H13O4-. The molecule has 14 heavy (non-hydrogen) atoms. The van der Waals surface area contributed by atoms with Crippen molar-refractivity contribution in [3.05, 3.63) is 24.3 Å². The van der Waals surface area contributed by atoms with E-state index in [0.717, 1.165) is 25.0 Å². The Balaban J connectivity index is 3.66. The summed E-state index contributed by atoms with van der Waals surface area (Å²) in [4.78, 5) is 20.8. The number of carbonyl (C=O) groups excluding carboxylic acids is 2. The van der Waals surface area contributed by atoms with E-state index in [4.69, 9.17) is 4.74 Å². The van der Waals surface area contributed by atoms with E-state index in [1.54, 1.807) is 0 Å². The molecule has 0 aliphatic heterocycles. The van der Waals surface area contributed by atoms with Crippen molar-refractivity contribution < 1.29 is 19.4 Å². The number of hydrogen-bond donors (Lipinski definition) is 0. The molecule has 0 amide bonds. The number of hydrogen-bond acceptors (Lipinski definition) is 4. The van der Waals surface area contributed by atoms with Crippen molar-refractivity contribution >= 4 is 11.9 Å². The van der Waals surface area contributed by atoms with Gasteiger partial charge in [-0.25, -0.2) is 4.79 Å². The Labute approximate surface area is 82.9 Å². The first-order valence-corrected chi connectivity index (χ1v) is 4.39. The highest BCUT2D eigenvalue weighted by atomic mass is 16.5. The van der Waals surface area contributed by atoms with Gasteiger partial charge in [-0.15, -0.1) is 0 Å². The maximum absolute atomic E-state index is 10.9. The number of ether oxygens (including phenoxy) is 1. The topological polar surface area (TPSA) is 66.4 Å². The first-order valence-electron chi connectivity index (χ1n) is 4.39. The highest BCUT2D eigenvalue weighted by Crippen LogP contribution is 1.89. The summed E-state index contributed by atoms with van der Waals surface area (Å²) in [7, 11) is 0. The van der Waals surface area contributed by atoms with Crippen LogP contribution in [0.5, 0.6) is 0 Å². The number of unbranched alkanes of at least 4 members (excludes halogenated alkanes) is 1. The van der Waals surface area contributed by atoms with Crippen LogP contribution in [0.4, 0.5) is 0 Å². The van der Waals surface area contributed by atoms with E-state index in [1.807, 2.05) is 6.92 Å². The summed E-state index contributed by atoms with van der Waals surface area (Å²) in [6.07, 6.45) is 6.28. The smallest absolute Gasteiger partial charge is 0.330 e. The standard InChI is InChI=1S/C10H14O4/c1-2-3-8-14-10(13)7-5-4-6-9(11)12/h4-7H,2-3,8H2,1H3,(H,11,12)/p-1. The van der Waals surface area contributed by atoms with Crippen LogP contribution in [0.3, 0.4) is 0 Å². The molecule has 0 N–H and O–H groups in total. The minimum atomic E-state index is -1.30. The molecule has 0 saturated heterocycles. The molecule has 0 aromatic carbocycles. The van der Waals surface area contributed by atoms with Crippen molar-refractivity contribution in [2.75, 3.05) is 6.61 Å². The Hall–Kier alpha value is -1.58. The first-order chi connectivity index (χ1) is 6.66. The van der Waals surface area contributed by atoms with Crippen LogP contribution >= 0.6 is 0 Å². The van der Waals surface area contributed by atoms with Gasteiger partial charge in [-0.1, -0.05) is 25.5 Å². The van der Waals surface area contributed by atoms with Gasteiger partial charge in [0.2, 0.25) is 0 Å². The lowest BCUT2D eigenvalue weighted by Crippen LogP contribution is -2.18. The molecule has 0 aliphatic rings. The molecule has 0 bridgehead atoms. The van der Waals surface area contributed by atoms with Gasteiger partial charge in [0.05, 0.1) is 12.6 Å². The highest BCUT2D eigenvalue weighted by molar-refractivity contribution is 5.83. The third-order valence-corrected chi connectivity index (χ3v) is 1.32. The van der Waals surface area contributed by atoms with Crippen LogP contribution in [-0.2, 0) is 14.3 Å².